The molecular formula is C57H96N3O11PS. The third kappa shape index (κ3) is 27.6. The van der Waals surface area contributed by atoms with E-state index < -0.39 is 25.6 Å². The maximum Gasteiger partial charge on any atom is 0.408 e. The molecule has 0 fully saturated rings. The fourth-order valence-corrected chi connectivity index (χ4v) is 11.8. The van der Waals surface area contributed by atoms with Gasteiger partial charge in [-0.1, -0.05) is 172 Å². The first-order valence-corrected chi connectivity index (χ1v) is 31.1. The predicted octanol–water partition coefficient (Wildman–Crippen LogP) is 12.7. The summed E-state index contributed by atoms with van der Waals surface area (Å²) in [6.07, 6.45) is 22.4. The topological polar surface area (TPSA) is 171 Å². The Balaban J connectivity index is 1.60. The van der Waals surface area contributed by atoms with Gasteiger partial charge in [0.2, 0.25) is 11.8 Å². The van der Waals surface area contributed by atoms with E-state index in [4.69, 9.17) is 28.0 Å². The van der Waals surface area contributed by atoms with Crippen LogP contribution in [0.15, 0.2) is 48.5 Å². The van der Waals surface area contributed by atoms with E-state index in [0.29, 0.717) is 58.4 Å². The number of carbonyl (C=O) groups excluding carboxylic acids is 2. The zero-order valence-corrected chi connectivity index (χ0v) is 47.1. The molecule has 3 amide bonds. The fraction of sp³-hybridized carbons (Fsp3) is 0.737. The average molecular weight is 1060 g/mol. The van der Waals surface area contributed by atoms with Gasteiger partial charge in [-0.15, -0.1) is 0 Å². The Hall–Kier alpha value is -3.01. The van der Waals surface area contributed by atoms with Crippen molar-refractivity contribution < 1.29 is 52.1 Å². The standard InChI is InChI=1S/C57H96N3O11PS/c1-5-9-11-13-15-17-19-21-23-29-36-69-45-48(59-55(61)34-24-22-20-18-16-14-12-10-6-2)46-73-47-54(60(57(63)64)44-53-51-32-27-25-30-49(51)50-31-26-28-33-52(50)53)56(62)58-35-37-66-38-39-67-40-41-68-42-43-72(65,70-7-3)71-8-4/h25-28,30-33,48,53-54H,5-24,29,34-47H2,1-4H3,(H,58,62)(H,59,61)(H,63,64)/t48-,54+/m1/s1. The number of rotatable bonds is 48. The molecular weight excluding hydrogens is 966 g/mol. The molecule has 14 nitrogen and oxygen atoms in total. The minimum atomic E-state index is -3.15. The number of carbonyl (C=O) groups is 3. The molecule has 0 aliphatic heterocycles. The Morgan fingerprint density at radius 1 is 0.616 bits per heavy atom. The monoisotopic (exact) mass is 1060 g/mol. The molecule has 0 aromatic heterocycles. The Morgan fingerprint density at radius 2 is 1.11 bits per heavy atom. The van der Waals surface area contributed by atoms with E-state index >= 15 is 0 Å². The van der Waals surface area contributed by atoms with Crippen molar-refractivity contribution in [3.8, 4) is 11.1 Å². The summed E-state index contributed by atoms with van der Waals surface area (Å²) in [4.78, 5) is 42.2. The van der Waals surface area contributed by atoms with Gasteiger partial charge in [0.1, 0.15) is 6.04 Å². The van der Waals surface area contributed by atoms with Gasteiger partial charge in [-0.05, 0) is 48.9 Å². The van der Waals surface area contributed by atoms with Gasteiger partial charge in [-0.25, -0.2) is 4.79 Å². The Kier molecular flexibility index (Phi) is 36.3. The summed E-state index contributed by atoms with van der Waals surface area (Å²) in [6, 6.07) is 14.8. The molecule has 1 aliphatic carbocycles. The van der Waals surface area contributed by atoms with Crippen LogP contribution in [0, 0.1) is 0 Å². The van der Waals surface area contributed by atoms with Gasteiger partial charge in [0.25, 0.3) is 0 Å². The summed E-state index contributed by atoms with van der Waals surface area (Å²) < 4.78 is 46.3. The summed E-state index contributed by atoms with van der Waals surface area (Å²) in [5.74, 6) is -0.0188. The quantitative estimate of drug-likeness (QED) is 0.0424. The number of fused-ring (bicyclic) bond motifs is 3. The molecule has 73 heavy (non-hydrogen) atoms. The molecule has 416 valence electrons. The summed E-state index contributed by atoms with van der Waals surface area (Å²) in [5.41, 5.74) is 4.21. The second-order valence-corrected chi connectivity index (χ2v) is 22.4. The van der Waals surface area contributed by atoms with Crippen LogP contribution in [0.25, 0.3) is 11.1 Å². The summed E-state index contributed by atoms with van der Waals surface area (Å²) in [6.45, 7) is 11.5. The number of amides is 3. The molecule has 0 spiro atoms. The summed E-state index contributed by atoms with van der Waals surface area (Å²) >= 11 is 1.46. The Bertz CT molecular complexity index is 1750. The van der Waals surface area contributed by atoms with Gasteiger partial charge in [0, 0.05) is 43.5 Å². The number of nitrogens with zero attached hydrogens (tertiary/aromatic N) is 1. The third-order valence-electron chi connectivity index (χ3n) is 13.1. The van der Waals surface area contributed by atoms with Gasteiger partial charge in [0.05, 0.1) is 71.7 Å². The molecule has 3 rings (SSSR count). The maximum absolute atomic E-state index is 14.2. The molecule has 0 radical (unpaired) electrons. The van der Waals surface area contributed by atoms with Crippen molar-refractivity contribution in [3.05, 3.63) is 59.7 Å². The van der Waals surface area contributed by atoms with E-state index in [0.717, 1.165) is 54.4 Å². The van der Waals surface area contributed by atoms with E-state index in [1.54, 1.807) is 13.8 Å². The average Bonchev–Trinajstić information content (AvgIpc) is 3.70. The van der Waals surface area contributed by atoms with Gasteiger partial charge < -0.3 is 43.7 Å². The maximum atomic E-state index is 14.2. The largest absolute Gasteiger partial charge is 0.465 e. The van der Waals surface area contributed by atoms with Gasteiger partial charge >= 0.3 is 13.7 Å². The Labute approximate surface area is 444 Å². The van der Waals surface area contributed by atoms with Crippen molar-refractivity contribution in [2.75, 3.05) is 96.8 Å². The zero-order chi connectivity index (χ0) is 52.6. The lowest BCUT2D eigenvalue weighted by molar-refractivity contribution is -0.125. The van der Waals surface area contributed by atoms with Crippen LogP contribution in [0.1, 0.15) is 173 Å². The van der Waals surface area contributed by atoms with Crippen molar-refractivity contribution in [2.24, 2.45) is 0 Å². The number of ether oxygens (including phenoxy) is 4. The zero-order valence-electron chi connectivity index (χ0n) is 45.4. The van der Waals surface area contributed by atoms with Crippen LogP contribution >= 0.6 is 19.4 Å². The number of hydrogen-bond acceptors (Lipinski definition) is 11. The van der Waals surface area contributed by atoms with Crippen LogP contribution in [0.3, 0.4) is 0 Å². The first kappa shape index (κ1) is 64.3. The SMILES string of the molecule is CCCCCCCCCCCCOC[C@H](CSC[C@@H](C(=O)NCCOCCOCCOCCP(=O)(OCC)OCC)N(CC1c2ccccc2-c2ccccc21)C(=O)O)NC(=O)CCCCCCCCCCC. The van der Waals surface area contributed by atoms with E-state index in [2.05, 4.69) is 36.6 Å². The van der Waals surface area contributed by atoms with Crippen molar-refractivity contribution in [2.45, 2.75) is 174 Å². The molecule has 0 saturated heterocycles. The molecule has 2 aromatic rings. The van der Waals surface area contributed by atoms with Crippen molar-refractivity contribution in [1.29, 1.82) is 0 Å². The predicted molar refractivity (Wildman–Crippen MR) is 297 cm³/mol. The number of thioether (sulfide) groups is 1. The molecule has 3 N–H and O–H groups in total. The highest BCUT2D eigenvalue weighted by molar-refractivity contribution is 7.99. The minimum absolute atomic E-state index is 0.00129. The van der Waals surface area contributed by atoms with Crippen LogP contribution in [-0.2, 0) is 42.1 Å². The highest BCUT2D eigenvalue weighted by atomic mass is 32.2. The van der Waals surface area contributed by atoms with Crippen molar-refractivity contribution in [3.63, 3.8) is 0 Å². The number of nitrogens with one attached hydrogen (secondary N) is 2. The Morgan fingerprint density at radius 3 is 1.64 bits per heavy atom. The van der Waals surface area contributed by atoms with Crippen LogP contribution in [0.5, 0.6) is 0 Å². The van der Waals surface area contributed by atoms with Gasteiger partial charge in [-0.3, -0.25) is 19.1 Å². The smallest absolute Gasteiger partial charge is 0.408 e. The number of unbranched alkanes of at least 4 members (excludes halogenated alkanes) is 17. The molecule has 16 heteroatoms. The molecule has 0 bridgehead atoms. The van der Waals surface area contributed by atoms with Crippen LogP contribution in [0.2, 0.25) is 0 Å². The van der Waals surface area contributed by atoms with Crippen LogP contribution in [0.4, 0.5) is 4.79 Å². The number of hydrogen-bond donors (Lipinski definition) is 3. The lowest BCUT2D eigenvalue weighted by Crippen LogP contribution is -2.52. The molecule has 2 atom stereocenters. The van der Waals surface area contributed by atoms with Crippen LogP contribution < -0.4 is 10.6 Å². The molecule has 0 heterocycles. The van der Waals surface area contributed by atoms with Gasteiger partial charge in [-0.2, -0.15) is 11.8 Å². The second kappa shape index (κ2) is 41.2. The first-order chi connectivity index (χ1) is 35.7. The second-order valence-electron chi connectivity index (χ2n) is 19.1. The first-order valence-electron chi connectivity index (χ1n) is 28.2. The van der Waals surface area contributed by atoms with E-state index in [9.17, 15) is 24.1 Å². The highest BCUT2D eigenvalue weighted by Crippen LogP contribution is 2.47. The lowest BCUT2D eigenvalue weighted by atomic mass is 9.96. The third-order valence-corrected chi connectivity index (χ3v) is 16.4. The van der Waals surface area contributed by atoms with E-state index in [-0.39, 0.29) is 62.7 Å². The summed E-state index contributed by atoms with van der Waals surface area (Å²) in [5, 5.41) is 17.1. The minimum Gasteiger partial charge on any atom is -0.465 e. The van der Waals surface area contributed by atoms with Crippen LogP contribution in [-0.4, -0.2) is 137 Å². The number of carboxylic acid groups (broad SMARTS) is 1. The molecule has 2 aromatic carbocycles. The van der Waals surface area contributed by atoms with Crippen molar-refractivity contribution in [1.82, 2.24) is 15.5 Å². The highest BCUT2D eigenvalue weighted by Gasteiger charge is 2.36. The van der Waals surface area contributed by atoms with E-state index in [1.807, 2.05) is 36.4 Å². The molecule has 0 unspecified atom stereocenters. The number of benzene rings is 2. The van der Waals surface area contributed by atoms with Crippen molar-refractivity contribution >= 4 is 37.3 Å². The molecule has 1 aliphatic rings. The van der Waals surface area contributed by atoms with Gasteiger partial charge in [0.15, 0.2) is 0 Å². The normalized spacial score (nSPS) is 13.2. The lowest BCUT2D eigenvalue weighted by Gasteiger charge is -2.31. The van der Waals surface area contributed by atoms with E-state index in [1.165, 1.54) is 107 Å². The fourth-order valence-electron chi connectivity index (χ4n) is 9.21. The molecule has 0 saturated carbocycles. The summed E-state index contributed by atoms with van der Waals surface area (Å²) in [7, 11) is -3.15.